The molecular weight excluding hydrogens is 800 g/mol. The number of carbonyl (C=O) groups excluding carboxylic acids is 1. The molecule has 0 saturated heterocycles. The van der Waals surface area contributed by atoms with E-state index >= 15 is 0 Å². The van der Waals surface area contributed by atoms with Crippen molar-refractivity contribution in [1.29, 1.82) is 0 Å². The molecule has 6 aromatic rings. The van der Waals surface area contributed by atoms with Gasteiger partial charge >= 0.3 is 19.1 Å². The number of pyridine rings is 2. The largest absolute Gasteiger partial charge is 0.490 e. The van der Waals surface area contributed by atoms with Crippen molar-refractivity contribution in [2.24, 2.45) is 0 Å². The summed E-state index contributed by atoms with van der Waals surface area (Å²) in [6.45, 7) is 0.698. The molecule has 0 radical (unpaired) electrons. The van der Waals surface area contributed by atoms with Gasteiger partial charge < -0.3 is 29.4 Å². The number of hydrogen-bond donors (Lipinski definition) is 3. The van der Waals surface area contributed by atoms with E-state index in [-0.39, 0.29) is 23.6 Å². The topological polar surface area (TPSA) is 148 Å². The van der Waals surface area contributed by atoms with E-state index in [0.717, 1.165) is 43.8 Å². The van der Waals surface area contributed by atoms with Gasteiger partial charge in [-0.3, -0.25) is 0 Å². The van der Waals surface area contributed by atoms with Gasteiger partial charge in [-0.1, -0.05) is 42.5 Å². The third kappa shape index (κ3) is 13.4. The first-order valence-electron chi connectivity index (χ1n) is 15.7. The van der Waals surface area contributed by atoms with Gasteiger partial charge in [0.1, 0.15) is 24.7 Å². The van der Waals surface area contributed by atoms with Gasteiger partial charge in [0.05, 0.1) is 18.2 Å². The number of carbonyl (C=O) groups is 2. The van der Waals surface area contributed by atoms with Crippen LogP contribution in [0.15, 0.2) is 134 Å². The second-order valence-electron chi connectivity index (χ2n) is 10.9. The summed E-state index contributed by atoms with van der Waals surface area (Å²) < 4.78 is 42.1. The summed E-state index contributed by atoms with van der Waals surface area (Å²) in [5, 5.41) is 26.0. The molecule has 14 heteroatoms. The lowest BCUT2D eigenvalue weighted by atomic mass is 9.82. The molecule has 4 aromatic carbocycles. The molecule has 0 aliphatic heterocycles. The summed E-state index contributed by atoms with van der Waals surface area (Å²) >= 11 is 2.25. The molecule has 2 heterocycles. The molecular formula is C39H32BF2IN2O8. The SMILES string of the molecule is COC(=O)c1cccc(COc2ccc(I)cc2)c1.O=C(O)c1cccc(COc2ccc(-c3ccc(F)nc3)cc2)c1.OB(O)c1ccc(F)nc1. The Kier molecular flexibility index (Phi) is 15.4. The van der Waals surface area contributed by atoms with Crippen molar-refractivity contribution in [2.45, 2.75) is 13.2 Å². The van der Waals surface area contributed by atoms with Crippen LogP contribution in [0, 0.1) is 15.5 Å². The second-order valence-corrected chi connectivity index (χ2v) is 12.2. The molecule has 6 rings (SSSR count). The number of nitrogens with zero attached hydrogens (tertiary/aromatic N) is 2. The average molecular weight is 832 g/mol. The highest BCUT2D eigenvalue weighted by atomic mass is 127. The van der Waals surface area contributed by atoms with E-state index in [1.807, 2.05) is 54.6 Å². The Morgan fingerprint density at radius 3 is 1.68 bits per heavy atom. The highest BCUT2D eigenvalue weighted by molar-refractivity contribution is 14.1. The molecule has 0 spiro atoms. The minimum absolute atomic E-state index is 0.182. The molecule has 0 bridgehead atoms. The Labute approximate surface area is 318 Å². The highest BCUT2D eigenvalue weighted by Crippen LogP contribution is 2.23. The number of rotatable bonds is 10. The number of halogens is 3. The van der Waals surface area contributed by atoms with Crippen LogP contribution < -0.4 is 14.9 Å². The number of aromatic nitrogens is 2. The number of benzene rings is 4. The summed E-state index contributed by atoms with van der Waals surface area (Å²) in [5.74, 6) is -0.977. The van der Waals surface area contributed by atoms with Gasteiger partial charge in [-0.2, -0.15) is 8.78 Å². The standard InChI is InChI=1S/C19H14FNO3.C15H13IO3.C5H5BFNO2/c20-18-9-6-16(11-21-18)14-4-7-17(8-5-14)24-12-13-2-1-3-15(10-13)19(22)23;1-18-15(17)12-4-2-3-11(9-12)10-19-14-7-5-13(16)6-8-14;7-5-2-1-4(3-8-5)6(9)10/h1-11H,12H2,(H,22,23);2-9H,10H2,1H3;1-3,9-10H. The number of carboxylic acid groups (broad SMARTS) is 1. The van der Waals surface area contributed by atoms with Crippen LogP contribution in [0.1, 0.15) is 31.8 Å². The van der Waals surface area contributed by atoms with E-state index in [4.69, 9.17) is 24.6 Å². The average Bonchev–Trinajstić information content (AvgIpc) is 3.18. The van der Waals surface area contributed by atoms with Crippen LogP contribution in [0.4, 0.5) is 8.78 Å². The molecule has 0 atom stereocenters. The predicted molar refractivity (Wildman–Crippen MR) is 203 cm³/mol. The number of hydrogen-bond acceptors (Lipinski definition) is 9. The van der Waals surface area contributed by atoms with Crippen molar-refractivity contribution < 1.29 is 47.7 Å². The van der Waals surface area contributed by atoms with Gasteiger partial charge in [0.15, 0.2) is 0 Å². The Morgan fingerprint density at radius 2 is 1.19 bits per heavy atom. The Hall–Kier alpha value is -5.71. The molecule has 3 N–H and O–H groups in total. The maximum Gasteiger partial charge on any atom is 0.490 e. The molecule has 10 nitrogen and oxygen atoms in total. The molecule has 0 saturated carbocycles. The fourth-order valence-electron chi connectivity index (χ4n) is 4.39. The third-order valence-electron chi connectivity index (χ3n) is 7.11. The fourth-order valence-corrected chi connectivity index (χ4v) is 4.75. The lowest BCUT2D eigenvalue weighted by Crippen LogP contribution is -2.30. The van der Waals surface area contributed by atoms with Crippen LogP contribution in [0.25, 0.3) is 11.1 Å². The van der Waals surface area contributed by atoms with E-state index in [1.165, 1.54) is 31.5 Å². The van der Waals surface area contributed by atoms with Crippen LogP contribution in [0.2, 0.25) is 0 Å². The molecule has 0 aliphatic carbocycles. The van der Waals surface area contributed by atoms with Crippen molar-refractivity contribution in [3.05, 3.63) is 171 Å². The van der Waals surface area contributed by atoms with Gasteiger partial charge in [-0.05, 0) is 118 Å². The van der Waals surface area contributed by atoms with Gasteiger partial charge in [-0.15, -0.1) is 0 Å². The summed E-state index contributed by atoms with van der Waals surface area (Å²) in [5.41, 5.74) is 4.38. The number of methoxy groups -OCH3 is 1. The maximum atomic E-state index is 12.8. The molecule has 270 valence electrons. The smallest absolute Gasteiger partial charge is 0.489 e. The third-order valence-corrected chi connectivity index (χ3v) is 7.83. The summed E-state index contributed by atoms with van der Waals surface area (Å²) in [4.78, 5) is 29.2. The van der Waals surface area contributed by atoms with E-state index in [0.29, 0.717) is 17.9 Å². The first kappa shape index (κ1) is 40.1. The zero-order valence-electron chi connectivity index (χ0n) is 28.1. The molecule has 0 amide bonds. The summed E-state index contributed by atoms with van der Waals surface area (Å²) in [6.07, 6.45) is 2.54. The van der Waals surface area contributed by atoms with E-state index in [9.17, 15) is 18.4 Å². The molecule has 0 aliphatic rings. The predicted octanol–water partition coefficient (Wildman–Crippen LogP) is 6.72. The van der Waals surface area contributed by atoms with Gasteiger partial charge in [0.25, 0.3) is 0 Å². The van der Waals surface area contributed by atoms with Crippen LogP contribution in [0.5, 0.6) is 11.5 Å². The number of carboxylic acids is 1. The van der Waals surface area contributed by atoms with Crippen molar-refractivity contribution in [1.82, 2.24) is 9.97 Å². The van der Waals surface area contributed by atoms with Crippen molar-refractivity contribution >= 4 is 47.1 Å². The summed E-state index contributed by atoms with van der Waals surface area (Å²) in [6, 6.07) is 34.3. The minimum Gasteiger partial charge on any atom is -0.489 e. The van der Waals surface area contributed by atoms with E-state index in [2.05, 4.69) is 37.3 Å². The minimum atomic E-state index is -1.58. The van der Waals surface area contributed by atoms with Gasteiger partial charge in [0, 0.05) is 27.0 Å². The summed E-state index contributed by atoms with van der Waals surface area (Å²) in [7, 11) is -0.204. The normalized spacial score (nSPS) is 10.1. The van der Waals surface area contributed by atoms with Crippen LogP contribution in [0.3, 0.4) is 0 Å². The van der Waals surface area contributed by atoms with E-state index in [1.54, 1.807) is 42.5 Å². The Morgan fingerprint density at radius 1 is 0.679 bits per heavy atom. The molecule has 0 fully saturated rings. The number of esters is 1. The van der Waals surface area contributed by atoms with Gasteiger partial charge in [-0.25, -0.2) is 19.6 Å². The van der Waals surface area contributed by atoms with Crippen molar-refractivity contribution in [3.63, 3.8) is 0 Å². The second kappa shape index (κ2) is 20.4. The Bertz CT molecular complexity index is 2070. The molecule has 53 heavy (non-hydrogen) atoms. The molecule has 0 unspecified atom stereocenters. The van der Waals surface area contributed by atoms with Crippen LogP contribution in [-0.2, 0) is 18.0 Å². The monoisotopic (exact) mass is 832 g/mol. The number of aromatic carboxylic acids is 1. The van der Waals surface area contributed by atoms with Crippen LogP contribution >= 0.6 is 22.6 Å². The fraction of sp³-hybridized carbons (Fsp3) is 0.0769. The quantitative estimate of drug-likeness (QED) is 0.0588. The van der Waals surface area contributed by atoms with Crippen LogP contribution in [-0.4, -0.2) is 51.3 Å². The zero-order chi connectivity index (χ0) is 38.2. The van der Waals surface area contributed by atoms with E-state index < -0.39 is 25.0 Å². The van der Waals surface area contributed by atoms with Crippen molar-refractivity contribution in [3.8, 4) is 22.6 Å². The number of ether oxygens (including phenoxy) is 3. The maximum absolute atomic E-state index is 12.8. The van der Waals surface area contributed by atoms with Crippen molar-refractivity contribution in [2.75, 3.05) is 7.11 Å². The Balaban J connectivity index is 0.000000192. The lowest BCUT2D eigenvalue weighted by Gasteiger charge is -2.08. The zero-order valence-corrected chi connectivity index (χ0v) is 30.3. The highest BCUT2D eigenvalue weighted by Gasteiger charge is 2.10. The van der Waals surface area contributed by atoms with Gasteiger partial charge in [0.2, 0.25) is 11.9 Å². The first-order chi connectivity index (χ1) is 25.5. The molecule has 2 aromatic heterocycles. The first-order valence-corrected chi connectivity index (χ1v) is 16.8. The lowest BCUT2D eigenvalue weighted by molar-refractivity contribution is 0.0599.